The fourth-order valence-corrected chi connectivity index (χ4v) is 2.95. The summed E-state index contributed by atoms with van der Waals surface area (Å²) in [5.41, 5.74) is 7.39. The molecule has 0 heterocycles. The summed E-state index contributed by atoms with van der Waals surface area (Å²) in [7, 11) is 0. The van der Waals surface area contributed by atoms with E-state index >= 15 is 0 Å². The number of aliphatic carboxylic acids is 1. The van der Waals surface area contributed by atoms with E-state index in [4.69, 9.17) is 15.6 Å². The number of ether oxygens (including phenoxy) is 1. The number of benzene rings is 1. The zero-order valence-electron chi connectivity index (χ0n) is 16.3. The van der Waals surface area contributed by atoms with Gasteiger partial charge in [-0.15, -0.1) is 0 Å². The summed E-state index contributed by atoms with van der Waals surface area (Å²) >= 11 is 0. The van der Waals surface area contributed by atoms with Gasteiger partial charge in [-0.2, -0.15) is 0 Å². The number of aryl methyl sites for hydroxylation is 2. The second-order valence-electron chi connectivity index (χ2n) is 7.14. The van der Waals surface area contributed by atoms with Crippen molar-refractivity contribution in [3.8, 4) is 5.75 Å². The van der Waals surface area contributed by atoms with E-state index in [9.17, 15) is 24.6 Å². The molecule has 29 heavy (non-hydrogen) atoms. The van der Waals surface area contributed by atoms with E-state index in [1.54, 1.807) is 12.1 Å². The molecule has 2 amide bonds. The van der Waals surface area contributed by atoms with Crippen molar-refractivity contribution in [1.29, 1.82) is 0 Å². The summed E-state index contributed by atoms with van der Waals surface area (Å²) in [6.07, 6.45) is -2.73. The highest BCUT2D eigenvalue weighted by atomic mass is 16.5. The Hall–Kier alpha value is -2.91. The number of nitrogens with one attached hydrogen (secondary N) is 1. The molecule has 2 rings (SSSR count). The minimum absolute atomic E-state index is 0.109. The topological polar surface area (TPSA) is 159 Å². The van der Waals surface area contributed by atoms with Gasteiger partial charge in [0.15, 0.2) is 0 Å². The average molecular weight is 406 g/mol. The number of rotatable bonds is 8. The molecule has 0 radical (unpaired) electrons. The monoisotopic (exact) mass is 406 g/mol. The minimum atomic E-state index is -1.25. The van der Waals surface area contributed by atoms with Crippen LogP contribution in [0.1, 0.15) is 30.4 Å². The quantitative estimate of drug-likeness (QED) is 0.404. The van der Waals surface area contributed by atoms with E-state index in [1.165, 1.54) is 6.08 Å². The molecule has 1 aliphatic rings. The number of aliphatic hydroxyl groups excluding tert-OH is 2. The standard InChI is InChI=1S/C20H26N2O7/c1-10-3-4-13(7-11(10)2)29-16-9-12(8-15(23)18(16)26)20(28)22-14(19(21)27)5-6-17(24)25/h3-4,7,9,14-16,18,23,26H,5-6,8H2,1-2H3,(H2,21,27)(H,22,28)(H,24,25). The van der Waals surface area contributed by atoms with E-state index in [0.717, 1.165) is 11.1 Å². The molecule has 1 aromatic carbocycles. The number of carbonyl (C=O) groups is 3. The van der Waals surface area contributed by atoms with Crippen molar-refractivity contribution in [1.82, 2.24) is 5.32 Å². The van der Waals surface area contributed by atoms with Crippen LogP contribution in [0.25, 0.3) is 0 Å². The number of aliphatic hydroxyl groups is 2. The molecule has 0 aromatic heterocycles. The van der Waals surface area contributed by atoms with Crippen LogP contribution in [-0.4, -0.2) is 57.5 Å². The lowest BCUT2D eigenvalue weighted by Crippen LogP contribution is -2.48. The van der Waals surface area contributed by atoms with Crippen molar-refractivity contribution >= 4 is 17.8 Å². The third-order valence-electron chi connectivity index (χ3n) is 4.86. The Morgan fingerprint density at radius 1 is 1.24 bits per heavy atom. The number of carboxylic acids is 1. The largest absolute Gasteiger partial charge is 0.484 e. The predicted molar refractivity (Wildman–Crippen MR) is 103 cm³/mol. The second-order valence-corrected chi connectivity index (χ2v) is 7.14. The van der Waals surface area contributed by atoms with Crippen molar-refractivity contribution in [2.45, 2.75) is 57.5 Å². The average Bonchev–Trinajstić information content (AvgIpc) is 2.64. The van der Waals surface area contributed by atoms with E-state index in [0.29, 0.717) is 5.75 Å². The zero-order chi connectivity index (χ0) is 21.7. The molecule has 1 aromatic rings. The SMILES string of the molecule is Cc1ccc(OC2C=C(C(=O)NC(CCC(=O)O)C(N)=O)CC(O)C2O)cc1C. The van der Waals surface area contributed by atoms with Crippen LogP contribution in [0.2, 0.25) is 0 Å². The Balaban J connectivity index is 2.16. The number of hydrogen-bond acceptors (Lipinski definition) is 6. The third kappa shape index (κ3) is 6.03. The van der Waals surface area contributed by atoms with Gasteiger partial charge in [0.1, 0.15) is 24.0 Å². The van der Waals surface area contributed by atoms with Crippen LogP contribution >= 0.6 is 0 Å². The molecule has 4 atom stereocenters. The second kappa shape index (κ2) is 9.53. The lowest BCUT2D eigenvalue weighted by Gasteiger charge is -2.31. The Labute approximate surface area is 168 Å². The molecule has 9 nitrogen and oxygen atoms in total. The molecule has 1 aliphatic carbocycles. The van der Waals surface area contributed by atoms with Gasteiger partial charge in [-0.05, 0) is 49.6 Å². The molecule has 0 fully saturated rings. The Morgan fingerprint density at radius 3 is 2.52 bits per heavy atom. The van der Waals surface area contributed by atoms with Crippen molar-refractivity contribution in [2.24, 2.45) is 5.73 Å². The van der Waals surface area contributed by atoms with Gasteiger partial charge in [0.25, 0.3) is 0 Å². The molecular weight excluding hydrogens is 380 g/mol. The molecule has 0 bridgehead atoms. The third-order valence-corrected chi connectivity index (χ3v) is 4.86. The minimum Gasteiger partial charge on any atom is -0.484 e. The molecule has 4 unspecified atom stereocenters. The molecule has 0 spiro atoms. The zero-order valence-corrected chi connectivity index (χ0v) is 16.3. The molecular formula is C20H26N2O7. The van der Waals surface area contributed by atoms with Crippen molar-refractivity contribution in [3.05, 3.63) is 41.0 Å². The first-order chi connectivity index (χ1) is 13.6. The summed E-state index contributed by atoms with van der Waals surface area (Å²) < 4.78 is 5.75. The summed E-state index contributed by atoms with van der Waals surface area (Å²) in [6.45, 7) is 3.85. The van der Waals surface area contributed by atoms with Gasteiger partial charge in [-0.25, -0.2) is 0 Å². The molecule has 9 heteroatoms. The maximum Gasteiger partial charge on any atom is 0.303 e. The molecule has 158 valence electrons. The molecule has 0 aliphatic heterocycles. The summed E-state index contributed by atoms with van der Waals surface area (Å²) in [4.78, 5) is 34.7. The molecule has 0 saturated carbocycles. The van der Waals surface area contributed by atoms with Crippen LogP contribution in [0.5, 0.6) is 5.75 Å². The first kappa shape index (κ1) is 22.4. The highest BCUT2D eigenvalue weighted by molar-refractivity contribution is 5.97. The maximum absolute atomic E-state index is 12.5. The van der Waals surface area contributed by atoms with Crippen LogP contribution in [0.3, 0.4) is 0 Å². The van der Waals surface area contributed by atoms with E-state index in [-0.39, 0.29) is 24.8 Å². The van der Waals surface area contributed by atoms with Crippen LogP contribution in [0, 0.1) is 13.8 Å². The molecule has 6 N–H and O–H groups in total. The summed E-state index contributed by atoms with van der Waals surface area (Å²) in [5, 5.41) is 31.5. The van der Waals surface area contributed by atoms with E-state index in [1.807, 2.05) is 19.9 Å². The van der Waals surface area contributed by atoms with Gasteiger partial charge in [0.05, 0.1) is 6.10 Å². The summed E-state index contributed by atoms with van der Waals surface area (Å²) in [6, 6.07) is 4.19. The van der Waals surface area contributed by atoms with Gasteiger partial charge in [-0.3, -0.25) is 14.4 Å². The van der Waals surface area contributed by atoms with Crippen LogP contribution in [0.4, 0.5) is 0 Å². The van der Waals surface area contributed by atoms with Crippen molar-refractivity contribution in [2.75, 3.05) is 0 Å². The number of amides is 2. The lowest BCUT2D eigenvalue weighted by molar-refractivity contribution is -0.137. The van der Waals surface area contributed by atoms with Crippen molar-refractivity contribution < 1.29 is 34.4 Å². The van der Waals surface area contributed by atoms with Crippen molar-refractivity contribution in [3.63, 3.8) is 0 Å². The number of carbonyl (C=O) groups excluding carboxylic acids is 2. The van der Waals surface area contributed by atoms with Gasteiger partial charge in [-0.1, -0.05) is 6.07 Å². The number of carboxylic acid groups (broad SMARTS) is 1. The molecule has 0 saturated heterocycles. The van der Waals surface area contributed by atoms with E-state index in [2.05, 4.69) is 5.32 Å². The maximum atomic E-state index is 12.5. The van der Waals surface area contributed by atoms with Gasteiger partial charge >= 0.3 is 5.97 Å². The van der Waals surface area contributed by atoms with E-state index < -0.39 is 42.1 Å². The summed E-state index contributed by atoms with van der Waals surface area (Å²) in [5.74, 6) is -2.19. The first-order valence-electron chi connectivity index (χ1n) is 9.21. The lowest BCUT2D eigenvalue weighted by atomic mass is 9.91. The van der Waals surface area contributed by atoms with Gasteiger partial charge in [0.2, 0.25) is 11.8 Å². The van der Waals surface area contributed by atoms with Crippen LogP contribution in [0.15, 0.2) is 29.8 Å². The number of hydrogen-bond donors (Lipinski definition) is 5. The number of primary amides is 1. The van der Waals surface area contributed by atoms with Gasteiger partial charge in [0, 0.05) is 18.4 Å². The van der Waals surface area contributed by atoms with Crippen LogP contribution < -0.4 is 15.8 Å². The van der Waals surface area contributed by atoms with Crippen LogP contribution in [-0.2, 0) is 14.4 Å². The Morgan fingerprint density at radius 2 is 1.93 bits per heavy atom. The normalized spacial score (nSPS) is 22.3. The first-order valence-corrected chi connectivity index (χ1v) is 9.21. The fourth-order valence-electron chi connectivity index (χ4n) is 2.95. The predicted octanol–water partition coefficient (Wildman–Crippen LogP) is -0.0624. The smallest absolute Gasteiger partial charge is 0.303 e. The fraction of sp³-hybridized carbons (Fsp3) is 0.450. The number of nitrogens with two attached hydrogens (primary N) is 1. The Kier molecular flexibility index (Phi) is 7.35. The van der Waals surface area contributed by atoms with Gasteiger partial charge < -0.3 is 31.1 Å². The highest BCUT2D eigenvalue weighted by Crippen LogP contribution is 2.25. The Bertz CT molecular complexity index is 821. The highest BCUT2D eigenvalue weighted by Gasteiger charge is 2.35.